The average Bonchev–Trinajstić information content (AvgIpc) is 2.79. The third kappa shape index (κ3) is 4.50. The number of benzene rings is 1. The van der Waals surface area contributed by atoms with E-state index in [2.05, 4.69) is 29.8 Å². The third-order valence-corrected chi connectivity index (χ3v) is 4.67. The number of para-hydroxylation sites is 1. The minimum atomic E-state index is 0.185. The first-order valence-electron chi connectivity index (χ1n) is 9.39. The standard InChI is InChI=1S/C20H22N6O3/c1-27-19-23-18(24-20(25-19)28-2)26-10-6-7-14(13-26)16-11-21-12-17(22-16)29-15-8-4-3-5-9-15/h3-5,8-9,11-12,14H,6-7,10,13H2,1-2H3. The van der Waals surface area contributed by atoms with Crippen molar-refractivity contribution < 1.29 is 14.2 Å². The van der Waals surface area contributed by atoms with Gasteiger partial charge in [-0.25, -0.2) is 4.98 Å². The Labute approximate surface area is 168 Å². The van der Waals surface area contributed by atoms with Gasteiger partial charge in [0.2, 0.25) is 11.8 Å². The van der Waals surface area contributed by atoms with Gasteiger partial charge in [-0.1, -0.05) is 18.2 Å². The van der Waals surface area contributed by atoms with Gasteiger partial charge in [-0.3, -0.25) is 4.98 Å². The van der Waals surface area contributed by atoms with Crippen LogP contribution in [0.25, 0.3) is 0 Å². The van der Waals surface area contributed by atoms with E-state index in [-0.39, 0.29) is 17.9 Å². The number of hydrogen-bond donors (Lipinski definition) is 0. The van der Waals surface area contributed by atoms with Gasteiger partial charge in [0.25, 0.3) is 0 Å². The highest BCUT2D eigenvalue weighted by Crippen LogP contribution is 2.29. The highest BCUT2D eigenvalue weighted by atomic mass is 16.5. The topological polar surface area (TPSA) is 95.4 Å². The molecule has 0 aliphatic carbocycles. The molecular formula is C20H22N6O3. The Bertz CT molecular complexity index is 934. The van der Waals surface area contributed by atoms with E-state index in [1.165, 1.54) is 14.2 Å². The molecule has 0 amide bonds. The zero-order valence-corrected chi connectivity index (χ0v) is 16.4. The van der Waals surface area contributed by atoms with E-state index in [0.29, 0.717) is 18.4 Å². The summed E-state index contributed by atoms with van der Waals surface area (Å²) in [6, 6.07) is 10.0. The van der Waals surface area contributed by atoms with E-state index in [1.54, 1.807) is 12.4 Å². The van der Waals surface area contributed by atoms with Crippen LogP contribution in [0.4, 0.5) is 5.95 Å². The predicted molar refractivity (Wildman–Crippen MR) is 106 cm³/mol. The zero-order chi connectivity index (χ0) is 20.1. The minimum Gasteiger partial charge on any atom is -0.467 e. The molecular weight excluding hydrogens is 372 g/mol. The lowest BCUT2D eigenvalue weighted by atomic mass is 9.95. The second kappa shape index (κ2) is 8.68. The van der Waals surface area contributed by atoms with Gasteiger partial charge in [-0.05, 0) is 25.0 Å². The number of anilines is 1. The predicted octanol–water partition coefficient (Wildman–Crippen LogP) is 2.86. The molecule has 3 aromatic rings. The van der Waals surface area contributed by atoms with Crippen molar-refractivity contribution in [2.45, 2.75) is 18.8 Å². The Hall–Kier alpha value is -3.49. The van der Waals surface area contributed by atoms with Gasteiger partial charge in [0.1, 0.15) is 5.75 Å². The van der Waals surface area contributed by atoms with Gasteiger partial charge in [-0.15, -0.1) is 4.98 Å². The molecule has 0 saturated carbocycles. The summed E-state index contributed by atoms with van der Waals surface area (Å²) in [6.45, 7) is 1.54. The molecule has 1 aromatic carbocycles. The highest BCUT2D eigenvalue weighted by molar-refractivity contribution is 5.35. The summed E-state index contributed by atoms with van der Waals surface area (Å²) in [7, 11) is 3.04. The first-order valence-corrected chi connectivity index (χ1v) is 9.39. The maximum Gasteiger partial charge on any atom is 0.324 e. The molecule has 2 aromatic heterocycles. The molecule has 150 valence electrons. The van der Waals surface area contributed by atoms with Crippen molar-refractivity contribution in [3.63, 3.8) is 0 Å². The van der Waals surface area contributed by atoms with Crippen LogP contribution in [0.2, 0.25) is 0 Å². The Kier molecular flexibility index (Phi) is 5.64. The molecule has 3 heterocycles. The molecule has 0 radical (unpaired) electrons. The lowest BCUT2D eigenvalue weighted by molar-refractivity contribution is 0.338. The van der Waals surface area contributed by atoms with E-state index < -0.39 is 0 Å². The zero-order valence-electron chi connectivity index (χ0n) is 16.4. The number of aromatic nitrogens is 5. The van der Waals surface area contributed by atoms with Crippen molar-refractivity contribution in [1.29, 1.82) is 0 Å². The van der Waals surface area contributed by atoms with Crippen LogP contribution >= 0.6 is 0 Å². The molecule has 1 fully saturated rings. The maximum absolute atomic E-state index is 5.83. The fraction of sp³-hybridized carbons (Fsp3) is 0.350. The van der Waals surface area contributed by atoms with Gasteiger partial charge in [0, 0.05) is 25.2 Å². The summed E-state index contributed by atoms with van der Waals surface area (Å²) >= 11 is 0. The van der Waals surface area contributed by atoms with Crippen LogP contribution in [0.5, 0.6) is 23.7 Å². The molecule has 1 unspecified atom stereocenters. The number of piperidine rings is 1. The summed E-state index contributed by atoms with van der Waals surface area (Å²) < 4.78 is 16.2. The Morgan fingerprint density at radius 3 is 2.41 bits per heavy atom. The summed E-state index contributed by atoms with van der Waals surface area (Å²) in [5, 5.41) is 0. The van der Waals surface area contributed by atoms with Gasteiger partial charge in [-0.2, -0.15) is 9.97 Å². The number of hydrogen-bond acceptors (Lipinski definition) is 9. The van der Waals surface area contributed by atoms with E-state index in [9.17, 15) is 0 Å². The summed E-state index contributed by atoms with van der Waals surface area (Å²) in [4.78, 5) is 23.9. The molecule has 1 atom stereocenters. The number of rotatable bonds is 6. The van der Waals surface area contributed by atoms with Crippen molar-refractivity contribution in [1.82, 2.24) is 24.9 Å². The molecule has 0 N–H and O–H groups in total. The lowest BCUT2D eigenvalue weighted by Gasteiger charge is -2.32. The Balaban J connectivity index is 1.52. The van der Waals surface area contributed by atoms with Crippen molar-refractivity contribution in [2.24, 2.45) is 0 Å². The van der Waals surface area contributed by atoms with Gasteiger partial charge in [0.15, 0.2) is 0 Å². The van der Waals surface area contributed by atoms with Gasteiger partial charge < -0.3 is 19.1 Å². The summed E-state index contributed by atoms with van der Waals surface area (Å²) in [6.07, 6.45) is 5.39. The highest BCUT2D eigenvalue weighted by Gasteiger charge is 2.26. The van der Waals surface area contributed by atoms with Crippen LogP contribution in [0.15, 0.2) is 42.7 Å². The molecule has 29 heavy (non-hydrogen) atoms. The molecule has 4 rings (SSSR count). The average molecular weight is 394 g/mol. The van der Waals surface area contributed by atoms with E-state index >= 15 is 0 Å². The maximum atomic E-state index is 5.83. The number of nitrogens with zero attached hydrogens (tertiary/aromatic N) is 6. The second-order valence-electron chi connectivity index (χ2n) is 6.59. The Morgan fingerprint density at radius 2 is 1.69 bits per heavy atom. The van der Waals surface area contributed by atoms with E-state index in [1.807, 2.05) is 30.3 Å². The van der Waals surface area contributed by atoms with Crippen molar-refractivity contribution in [2.75, 3.05) is 32.2 Å². The van der Waals surface area contributed by atoms with Gasteiger partial charge >= 0.3 is 12.0 Å². The largest absolute Gasteiger partial charge is 0.467 e. The monoisotopic (exact) mass is 394 g/mol. The van der Waals surface area contributed by atoms with Crippen LogP contribution in [-0.4, -0.2) is 52.2 Å². The number of methoxy groups -OCH3 is 2. The van der Waals surface area contributed by atoms with E-state index in [0.717, 1.165) is 30.8 Å². The SMILES string of the molecule is COc1nc(OC)nc(N2CCCC(c3cncc(Oc4ccccc4)n3)C2)n1. The van der Waals surface area contributed by atoms with Gasteiger partial charge in [0.05, 0.1) is 26.1 Å². The molecule has 0 bridgehead atoms. The third-order valence-electron chi connectivity index (χ3n) is 4.67. The van der Waals surface area contributed by atoms with Crippen LogP contribution < -0.4 is 19.1 Å². The van der Waals surface area contributed by atoms with Crippen molar-refractivity contribution >= 4 is 5.95 Å². The molecule has 9 nitrogen and oxygen atoms in total. The molecule has 1 saturated heterocycles. The fourth-order valence-electron chi connectivity index (χ4n) is 3.27. The van der Waals surface area contributed by atoms with Crippen molar-refractivity contribution in [3.8, 4) is 23.7 Å². The molecule has 1 aliphatic heterocycles. The summed E-state index contributed by atoms with van der Waals surface area (Å²) in [5.74, 6) is 1.93. The number of ether oxygens (including phenoxy) is 3. The lowest BCUT2D eigenvalue weighted by Crippen LogP contribution is -2.36. The Morgan fingerprint density at radius 1 is 0.931 bits per heavy atom. The molecule has 0 spiro atoms. The first-order chi connectivity index (χ1) is 14.2. The smallest absolute Gasteiger partial charge is 0.324 e. The van der Waals surface area contributed by atoms with Crippen LogP contribution in [0.1, 0.15) is 24.5 Å². The quantitative estimate of drug-likeness (QED) is 0.625. The van der Waals surface area contributed by atoms with Crippen LogP contribution in [0.3, 0.4) is 0 Å². The van der Waals surface area contributed by atoms with Crippen LogP contribution in [0, 0.1) is 0 Å². The van der Waals surface area contributed by atoms with E-state index in [4.69, 9.17) is 14.2 Å². The minimum absolute atomic E-state index is 0.185. The molecule has 9 heteroatoms. The van der Waals surface area contributed by atoms with Crippen LogP contribution in [-0.2, 0) is 0 Å². The van der Waals surface area contributed by atoms with Crippen molar-refractivity contribution in [3.05, 3.63) is 48.4 Å². The fourth-order valence-corrected chi connectivity index (χ4v) is 3.27. The first kappa shape index (κ1) is 18.9. The normalized spacial score (nSPS) is 16.3. The second-order valence-corrected chi connectivity index (χ2v) is 6.59. The molecule has 1 aliphatic rings. The summed E-state index contributed by atoms with van der Waals surface area (Å²) in [5.41, 5.74) is 0.885.